The van der Waals surface area contributed by atoms with Crippen LogP contribution in [0.3, 0.4) is 0 Å². The van der Waals surface area contributed by atoms with Crippen molar-refractivity contribution in [2.75, 3.05) is 0 Å². The van der Waals surface area contributed by atoms with Crippen LogP contribution in [-0.4, -0.2) is 68.4 Å². The number of ether oxygens (including phenoxy) is 3. The van der Waals surface area contributed by atoms with Gasteiger partial charge in [-0.15, -0.1) is 0 Å². The molecule has 4 N–H and O–H groups in total. The van der Waals surface area contributed by atoms with E-state index in [1.54, 1.807) is 0 Å². The Balaban J connectivity index is 2.11. The number of aromatic hydroxyl groups is 2. The molecule has 48 heavy (non-hydrogen) atoms. The first kappa shape index (κ1) is 38.3. The van der Waals surface area contributed by atoms with E-state index >= 15 is 0 Å². The lowest BCUT2D eigenvalue weighted by atomic mass is 9.90. The summed E-state index contributed by atoms with van der Waals surface area (Å²) < 4.78 is 15.4. The Morgan fingerprint density at radius 3 is 2.02 bits per heavy atom. The van der Waals surface area contributed by atoms with Crippen LogP contribution in [0.1, 0.15) is 58.9 Å². The fourth-order valence-corrected chi connectivity index (χ4v) is 4.00. The summed E-state index contributed by atoms with van der Waals surface area (Å²) >= 11 is 0. The number of rotatable bonds is 11. The Bertz CT molecular complexity index is 1730. The second kappa shape index (κ2) is 17.7. The van der Waals surface area contributed by atoms with Gasteiger partial charge in [0.05, 0.1) is 11.1 Å². The SMILES string of the molecule is C=C(C#CC1=C[C@@H](OC(C)=O)[C@H](O)[C@@H](OC(=O)/C(C)=C/CCC(=C)C#Cc2cc(OC(C)=O)cc(O)c2O)C1=O)CC/C=C(\C)C(=O)O. The number of hydrogen-bond donors (Lipinski definition) is 4. The summed E-state index contributed by atoms with van der Waals surface area (Å²) in [5.41, 5.74) is 0.867. The Hall–Kier alpha value is -5.85. The van der Waals surface area contributed by atoms with Gasteiger partial charge in [-0.05, 0) is 56.8 Å². The van der Waals surface area contributed by atoms with Crippen molar-refractivity contribution in [3.05, 3.63) is 76.9 Å². The predicted molar refractivity (Wildman–Crippen MR) is 172 cm³/mol. The first-order valence-electron chi connectivity index (χ1n) is 14.5. The molecule has 1 aliphatic rings. The minimum absolute atomic E-state index is 0.00383. The summed E-state index contributed by atoms with van der Waals surface area (Å²) in [4.78, 5) is 59.8. The molecule has 0 radical (unpaired) electrons. The van der Waals surface area contributed by atoms with Gasteiger partial charge in [-0.3, -0.25) is 14.4 Å². The average molecular weight is 661 g/mol. The topological polar surface area (TPSA) is 194 Å². The normalized spacial score (nSPS) is 17.4. The number of carbonyl (C=O) groups excluding carboxylic acids is 4. The van der Waals surface area contributed by atoms with Gasteiger partial charge in [0.25, 0.3) is 0 Å². The van der Waals surface area contributed by atoms with E-state index in [2.05, 4.69) is 36.8 Å². The Morgan fingerprint density at radius 1 is 0.875 bits per heavy atom. The molecule has 12 heteroatoms. The van der Waals surface area contributed by atoms with Crippen molar-refractivity contribution in [2.45, 2.75) is 71.7 Å². The number of carboxylic acids is 1. The molecule has 252 valence electrons. The molecule has 12 nitrogen and oxygen atoms in total. The van der Waals surface area contributed by atoms with Crippen LogP contribution in [0.4, 0.5) is 0 Å². The highest BCUT2D eigenvalue weighted by atomic mass is 16.6. The highest BCUT2D eigenvalue weighted by Crippen LogP contribution is 2.33. The number of aliphatic hydroxyl groups excluding tert-OH is 1. The zero-order chi connectivity index (χ0) is 36.1. The number of carboxylic acid groups (broad SMARTS) is 1. The number of hydrogen-bond acceptors (Lipinski definition) is 11. The molecule has 0 aromatic heterocycles. The molecule has 3 atom stereocenters. The molecular weight excluding hydrogens is 624 g/mol. The van der Waals surface area contributed by atoms with Crippen molar-refractivity contribution in [2.24, 2.45) is 0 Å². The van der Waals surface area contributed by atoms with E-state index < -0.39 is 59.5 Å². The van der Waals surface area contributed by atoms with Crippen LogP contribution < -0.4 is 4.74 Å². The van der Waals surface area contributed by atoms with Gasteiger partial charge in [-0.1, -0.05) is 49.0 Å². The summed E-state index contributed by atoms with van der Waals surface area (Å²) in [5, 5.41) is 39.6. The summed E-state index contributed by atoms with van der Waals surface area (Å²) in [6, 6.07) is 2.34. The summed E-state index contributed by atoms with van der Waals surface area (Å²) in [6.07, 6.45) is 0.586. The van der Waals surface area contributed by atoms with Gasteiger partial charge < -0.3 is 34.6 Å². The molecule has 0 spiro atoms. The van der Waals surface area contributed by atoms with Crippen LogP contribution in [0.25, 0.3) is 0 Å². The fraction of sp³-hybridized carbons (Fsp3) is 0.306. The number of esters is 3. The number of Topliss-reactive ketones (excluding diaryl/α,β-unsaturated/α-hetero) is 1. The van der Waals surface area contributed by atoms with Gasteiger partial charge in [-0.25, -0.2) is 9.59 Å². The zero-order valence-electron chi connectivity index (χ0n) is 26.9. The number of ketones is 1. The van der Waals surface area contributed by atoms with E-state index in [9.17, 15) is 39.3 Å². The maximum atomic E-state index is 13.2. The molecule has 0 amide bonds. The highest BCUT2D eigenvalue weighted by molar-refractivity contribution is 6.05. The van der Waals surface area contributed by atoms with Crippen molar-refractivity contribution in [1.82, 2.24) is 0 Å². The van der Waals surface area contributed by atoms with Gasteiger partial charge >= 0.3 is 23.9 Å². The summed E-state index contributed by atoms with van der Waals surface area (Å²) in [5.74, 6) is 5.46. The van der Waals surface area contributed by atoms with Gasteiger partial charge in [0.1, 0.15) is 11.9 Å². The predicted octanol–water partition coefficient (Wildman–Crippen LogP) is 3.74. The quantitative estimate of drug-likeness (QED) is 0.0885. The van der Waals surface area contributed by atoms with Gasteiger partial charge in [0, 0.05) is 37.1 Å². The second-order valence-corrected chi connectivity index (χ2v) is 10.6. The molecule has 1 aromatic carbocycles. The molecule has 0 bridgehead atoms. The molecular formula is C36H36O12. The fourth-order valence-electron chi connectivity index (χ4n) is 4.00. The van der Waals surface area contributed by atoms with Crippen molar-refractivity contribution < 1.29 is 58.6 Å². The van der Waals surface area contributed by atoms with Gasteiger partial charge in [0.2, 0.25) is 5.78 Å². The van der Waals surface area contributed by atoms with E-state index in [1.165, 1.54) is 39.0 Å². The van der Waals surface area contributed by atoms with Crippen molar-refractivity contribution >= 4 is 29.7 Å². The van der Waals surface area contributed by atoms with Crippen molar-refractivity contribution in [3.63, 3.8) is 0 Å². The lowest BCUT2D eigenvalue weighted by Gasteiger charge is -2.30. The minimum atomic E-state index is -1.73. The molecule has 0 fully saturated rings. The van der Waals surface area contributed by atoms with E-state index in [0.29, 0.717) is 24.0 Å². The van der Waals surface area contributed by atoms with E-state index in [0.717, 1.165) is 19.1 Å². The smallest absolute Gasteiger partial charge is 0.334 e. The third kappa shape index (κ3) is 11.8. The molecule has 1 aliphatic carbocycles. The largest absolute Gasteiger partial charge is 0.504 e. The molecule has 0 unspecified atom stereocenters. The van der Waals surface area contributed by atoms with Crippen LogP contribution in [0.15, 0.2) is 71.4 Å². The van der Waals surface area contributed by atoms with Crippen molar-refractivity contribution in [1.29, 1.82) is 0 Å². The number of carbonyl (C=O) groups is 5. The number of benzene rings is 1. The van der Waals surface area contributed by atoms with E-state index in [-0.39, 0.29) is 40.9 Å². The van der Waals surface area contributed by atoms with Crippen LogP contribution in [0.2, 0.25) is 0 Å². The number of phenolic OH excluding ortho intramolecular Hbond substituents is 2. The molecule has 0 heterocycles. The number of aliphatic hydroxyl groups is 1. The standard InChI is InChI=1S/C36H36O12/c1-20(9-7-11-22(3)35(43)44)14-16-27-18-30(47-25(6)38)33(42)34(32(27)41)48-36(45)23(4)12-8-10-21(2)13-15-26-17-28(46-24(5)37)19-29(39)31(26)40/h11-12,17-19,30,33-34,39-40,42H,1-2,7-10H2,3-6H3,(H,43,44)/b22-11+,23-12+/t30-,33+,34+/m1/s1. The van der Waals surface area contributed by atoms with Crippen LogP contribution in [-0.2, 0) is 33.4 Å². The first-order valence-corrected chi connectivity index (χ1v) is 14.5. The Kier molecular flexibility index (Phi) is 14.2. The van der Waals surface area contributed by atoms with Gasteiger partial charge in [0.15, 0.2) is 23.7 Å². The Labute approximate surface area is 277 Å². The van der Waals surface area contributed by atoms with Crippen LogP contribution >= 0.6 is 0 Å². The van der Waals surface area contributed by atoms with Gasteiger partial charge in [-0.2, -0.15) is 0 Å². The van der Waals surface area contributed by atoms with Crippen LogP contribution in [0, 0.1) is 23.7 Å². The zero-order valence-corrected chi connectivity index (χ0v) is 26.9. The van der Waals surface area contributed by atoms with E-state index in [1.807, 2.05) is 0 Å². The molecule has 2 rings (SSSR count). The lowest BCUT2D eigenvalue weighted by Crippen LogP contribution is -2.49. The molecule has 0 saturated heterocycles. The highest BCUT2D eigenvalue weighted by Gasteiger charge is 2.42. The maximum Gasteiger partial charge on any atom is 0.334 e. The number of allylic oxidation sites excluding steroid dienone is 4. The third-order valence-electron chi connectivity index (χ3n) is 6.56. The lowest BCUT2D eigenvalue weighted by molar-refractivity contribution is -0.168. The maximum absolute atomic E-state index is 13.2. The average Bonchev–Trinajstić information content (AvgIpc) is 3.00. The second-order valence-electron chi connectivity index (χ2n) is 10.6. The Morgan fingerprint density at radius 2 is 1.46 bits per heavy atom. The molecule has 0 aliphatic heterocycles. The number of phenols is 2. The summed E-state index contributed by atoms with van der Waals surface area (Å²) in [6.45, 7) is 12.8. The molecule has 0 saturated carbocycles. The summed E-state index contributed by atoms with van der Waals surface area (Å²) in [7, 11) is 0. The number of aliphatic carboxylic acids is 1. The third-order valence-corrected chi connectivity index (χ3v) is 6.56. The monoisotopic (exact) mass is 660 g/mol. The van der Waals surface area contributed by atoms with E-state index in [4.69, 9.17) is 19.3 Å². The first-order chi connectivity index (χ1) is 22.5. The minimum Gasteiger partial charge on any atom is -0.504 e. The molecule has 1 aromatic rings. The van der Waals surface area contributed by atoms with Crippen molar-refractivity contribution in [3.8, 4) is 40.9 Å². The van der Waals surface area contributed by atoms with Crippen LogP contribution in [0.5, 0.6) is 17.2 Å².